The Morgan fingerprint density at radius 2 is 2.11 bits per heavy atom. The third kappa shape index (κ3) is 1.64. The van der Waals surface area contributed by atoms with E-state index in [0.29, 0.717) is 6.04 Å². The zero-order chi connectivity index (χ0) is 6.85. The summed E-state index contributed by atoms with van der Waals surface area (Å²) in [7, 11) is 2.13. The molecule has 0 aliphatic carbocycles. The van der Waals surface area contributed by atoms with Crippen LogP contribution in [0.2, 0.25) is 0 Å². The van der Waals surface area contributed by atoms with Crippen LogP contribution in [-0.4, -0.2) is 42.6 Å². The van der Waals surface area contributed by atoms with Crippen molar-refractivity contribution in [3.8, 4) is 0 Å². The van der Waals surface area contributed by atoms with E-state index in [1.807, 2.05) is 5.01 Å². The van der Waals surface area contributed by atoms with E-state index in [1.54, 1.807) is 0 Å². The summed E-state index contributed by atoms with van der Waals surface area (Å²) in [5.41, 5.74) is 0. The molecule has 1 unspecified atom stereocenters. The lowest BCUT2D eigenvalue weighted by Gasteiger charge is -2.34. The normalized spacial score (nSPS) is 33.0. The largest absolute Gasteiger partial charge is 0.303 e. The molecule has 1 fully saturated rings. The summed E-state index contributed by atoms with van der Waals surface area (Å²) in [6.07, 6.45) is 0. The predicted molar refractivity (Wildman–Crippen MR) is 37.9 cm³/mol. The highest BCUT2D eigenvalue weighted by molar-refractivity contribution is 4.72. The highest BCUT2D eigenvalue weighted by Crippen LogP contribution is 2.01. The SMILES string of the molecule is CC1CN(C)CCN1N. The van der Waals surface area contributed by atoms with E-state index in [4.69, 9.17) is 5.84 Å². The molecule has 1 saturated heterocycles. The van der Waals surface area contributed by atoms with Crippen molar-refractivity contribution in [3.05, 3.63) is 0 Å². The summed E-state index contributed by atoms with van der Waals surface area (Å²) in [5, 5.41) is 1.90. The second-order valence-corrected chi connectivity index (χ2v) is 2.85. The molecule has 0 radical (unpaired) electrons. The molecule has 0 spiro atoms. The molecule has 2 N–H and O–H groups in total. The van der Waals surface area contributed by atoms with Gasteiger partial charge in [-0.2, -0.15) is 0 Å². The smallest absolute Gasteiger partial charge is 0.0340 e. The number of rotatable bonds is 0. The molecule has 1 atom stereocenters. The Morgan fingerprint density at radius 3 is 2.56 bits per heavy atom. The maximum Gasteiger partial charge on any atom is 0.0340 e. The van der Waals surface area contributed by atoms with Crippen LogP contribution in [-0.2, 0) is 0 Å². The molecule has 1 rings (SSSR count). The minimum atomic E-state index is 0.517. The maximum absolute atomic E-state index is 5.65. The Balaban J connectivity index is 2.35. The van der Waals surface area contributed by atoms with Gasteiger partial charge in [-0.05, 0) is 14.0 Å². The molecular formula is C6H15N3. The van der Waals surface area contributed by atoms with Gasteiger partial charge in [0.05, 0.1) is 0 Å². The second kappa shape index (κ2) is 2.64. The third-order valence-electron chi connectivity index (χ3n) is 1.88. The lowest BCUT2D eigenvalue weighted by atomic mass is 10.2. The van der Waals surface area contributed by atoms with Gasteiger partial charge in [-0.25, -0.2) is 5.01 Å². The first kappa shape index (κ1) is 6.99. The van der Waals surface area contributed by atoms with Crippen molar-refractivity contribution in [3.63, 3.8) is 0 Å². The fourth-order valence-electron chi connectivity index (χ4n) is 1.15. The predicted octanol–water partition coefficient (Wildman–Crippen LogP) is -0.504. The summed E-state index contributed by atoms with van der Waals surface area (Å²) >= 11 is 0. The molecule has 3 heteroatoms. The number of nitrogens with two attached hydrogens (primary N) is 1. The Morgan fingerprint density at radius 1 is 1.44 bits per heavy atom. The summed E-state index contributed by atoms with van der Waals surface area (Å²) < 4.78 is 0. The van der Waals surface area contributed by atoms with Gasteiger partial charge in [-0.15, -0.1) is 0 Å². The molecule has 1 aliphatic heterocycles. The fraction of sp³-hybridized carbons (Fsp3) is 1.00. The summed E-state index contributed by atoms with van der Waals surface area (Å²) in [6.45, 7) is 5.34. The Hall–Kier alpha value is -0.120. The van der Waals surface area contributed by atoms with Gasteiger partial charge in [0.1, 0.15) is 0 Å². The standard InChI is InChI=1S/C6H15N3/c1-6-5-8(2)3-4-9(6)7/h6H,3-5,7H2,1-2H3. The monoisotopic (exact) mass is 129 g/mol. The highest BCUT2D eigenvalue weighted by atomic mass is 15.4. The van der Waals surface area contributed by atoms with E-state index in [2.05, 4.69) is 18.9 Å². The molecule has 0 bridgehead atoms. The molecule has 0 aromatic rings. The minimum absolute atomic E-state index is 0.517. The first-order valence-electron chi connectivity index (χ1n) is 3.40. The summed E-state index contributed by atoms with van der Waals surface area (Å²) in [6, 6.07) is 0.517. The molecule has 54 valence electrons. The van der Waals surface area contributed by atoms with E-state index < -0.39 is 0 Å². The molecule has 0 aromatic heterocycles. The highest BCUT2D eigenvalue weighted by Gasteiger charge is 2.17. The van der Waals surface area contributed by atoms with E-state index in [0.717, 1.165) is 19.6 Å². The number of likely N-dealkylation sites (N-methyl/N-ethyl adjacent to an activating group) is 1. The van der Waals surface area contributed by atoms with Gasteiger partial charge in [-0.1, -0.05) is 0 Å². The van der Waals surface area contributed by atoms with Gasteiger partial charge in [0.25, 0.3) is 0 Å². The fourth-order valence-corrected chi connectivity index (χ4v) is 1.15. The van der Waals surface area contributed by atoms with Crippen LogP contribution in [0.3, 0.4) is 0 Å². The van der Waals surface area contributed by atoms with Crippen molar-refractivity contribution in [1.82, 2.24) is 9.91 Å². The van der Waals surface area contributed by atoms with Crippen molar-refractivity contribution >= 4 is 0 Å². The molecule has 9 heavy (non-hydrogen) atoms. The van der Waals surface area contributed by atoms with Crippen molar-refractivity contribution < 1.29 is 0 Å². The van der Waals surface area contributed by atoms with Crippen molar-refractivity contribution in [2.75, 3.05) is 26.7 Å². The molecular weight excluding hydrogens is 114 g/mol. The number of hydrogen-bond acceptors (Lipinski definition) is 3. The zero-order valence-corrected chi connectivity index (χ0v) is 6.17. The van der Waals surface area contributed by atoms with Gasteiger partial charge in [0.15, 0.2) is 0 Å². The van der Waals surface area contributed by atoms with Gasteiger partial charge < -0.3 is 4.90 Å². The van der Waals surface area contributed by atoms with Gasteiger partial charge >= 0.3 is 0 Å². The van der Waals surface area contributed by atoms with Crippen LogP contribution in [0.25, 0.3) is 0 Å². The molecule has 0 saturated carbocycles. The molecule has 1 heterocycles. The summed E-state index contributed by atoms with van der Waals surface area (Å²) in [4.78, 5) is 2.30. The minimum Gasteiger partial charge on any atom is -0.303 e. The number of piperazine rings is 1. The maximum atomic E-state index is 5.65. The molecule has 3 nitrogen and oxygen atoms in total. The lowest BCUT2D eigenvalue weighted by molar-refractivity contribution is 0.101. The van der Waals surface area contributed by atoms with Crippen LogP contribution in [0.5, 0.6) is 0 Å². The van der Waals surface area contributed by atoms with E-state index >= 15 is 0 Å². The number of hydrogen-bond donors (Lipinski definition) is 1. The Labute approximate surface area is 56.4 Å². The Kier molecular flexibility index (Phi) is 2.05. The summed E-state index contributed by atoms with van der Waals surface area (Å²) in [5.74, 6) is 5.65. The molecule has 0 amide bonds. The average molecular weight is 129 g/mol. The quantitative estimate of drug-likeness (QED) is 0.447. The van der Waals surface area contributed by atoms with E-state index in [1.165, 1.54) is 0 Å². The molecule has 0 aromatic carbocycles. The van der Waals surface area contributed by atoms with Crippen LogP contribution < -0.4 is 5.84 Å². The zero-order valence-electron chi connectivity index (χ0n) is 6.17. The van der Waals surface area contributed by atoms with Crippen LogP contribution in [0.4, 0.5) is 0 Å². The van der Waals surface area contributed by atoms with Gasteiger partial charge in [-0.3, -0.25) is 5.84 Å². The lowest BCUT2D eigenvalue weighted by Crippen LogP contribution is -2.53. The first-order valence-corrected chi connectivity index (χ1v) is 3.40. The number of nitrogens with zero attached hydrogens (tertiary/aromatic N) is 2. The molecule has 1 aliphatic rings. The van der Waals surface area contributed by atoms with Crippen molar-refractivity contribution in [2.24, 2.45) is 5.84 Å². The van der Waals surface area contributed by atoms with Crippen LogP contribution in [0, 0.1) is 0 Å². The van der Waals surface area contributed by atoms with Crippen molar-refractivity contribution in [1.29, 1.82) is 0 Å². The van der Waals surface area contributed by atoms with Gasteiger partial charge in [0, 0.05) is 25.7 Å². The Bertz CT molecular complexity index is 94.3. The topological polar surface area (TPSA) is 32.5 Å². The van der Waals surface area contributed by atoms with Gasteiger partial charge in [0.2, 0.25) is 0 Å². The van der Waals surface area contributed by atoms with Crippen LogP contribution in [0.1, 0.15) is 6.92 Å². The first-order chi connectivity index (χ1) is 4.20. The van der Waals surface area contributed by atoms with E-state index in [-0.39, 0.29) is 0 Å². The van der Waals surface area contributed by atoms with E-state index in [9.17, 15) is 0 Å². The third-order valence-corrected chi connectivity index (χ3v) is 1.88. The number of hydrazine groups is 1. The van der Waals surface area contributed by atoms with Crippen molar-refractivity contribution in [2.45, 2.75) is 13.0 Å². The second-order valence-electron chi connectivity index (χ2n) is 2.85. The van der Waals surface area contributed by atoms with Crippen LogP contribution in [0.15, 0.2) is 0 Å². The average Bonchev–Trinajstić information content (AvgIpc) is 1.80. The van der Waals surface area contributed by atoms with Crippen LogP contribution >= 0.6 is 0 Å².